The average Bonchev–Trinajstić information content (AvgIpc) is 2.29. The number of aliphatic hydroxyl groups excluding tert-OH is 1. The number of benzene rings is 1. The van der Waals surface area contributed by atoms with Crippen molar-refractivity contribution in [1.29, 1.82) is 0 Å². The number of aliphatic hydroxyl groups is 1. The largest absolute Gasteiger partial charge is 0.395 e. The smallest absolute Gasteiger partial charge is 0.243 e. The van der Waals surface area contributed by atoms with Gasteiger partial charge in [-0.05, 0) is 31.4 Å². The summed E-state index contributed by atoms with van der Waals surface area (Å²) in [4.78, 5) is -0.457. The minimum Gasteiger partial charge on any atom is -0.395 e. The Labute approximate surface area is 121 Å². The Morgan fingerprint density at radius 1 is 1.53 bits per heavy atom. The van der Waals surface area contributed by atoms with Gasteiger partial charge in [0.15, 0.2) is 0 Å². The number of rotatable bonds is 6. The van der Waals surface area contributed by atoms with E-state index in [0.29, 0.717) is 0 Å². The third-order valence-electron chi connectivity index (χ3n) is 2.56. The molecule has 0 heterocycles. The number of sulfonamides is 1. The van der Waals surface area contributed by atoms with E-state index in [1.807, 2.05) is 0 Å². The van der Waals surface area contributed by atoms with E-state index in [4.69, 9.17) is 16.7 Å². The van der Waals surface area contributed by atoms with Gasteiger partial charge in [0.1, 0.15) is 10.7 Å². The van der Waals surface area contributed by atoms with Gasteiger partial charge in [0, 0.05) is 16.3 Å². The summed E-state index contributed by atoms with van der Waals surface area (Å²) in [6.07, 6.45) is 1.76. The van der Waals surface area contributed by atoms with Crippen molar-refractivity contribution in [1.82, 2.24) is 4.72 Å². The molecule has 1 aromatic rings. The van der Waals surface area contributed by atoms with Crippen molar-refractivity contribution in [3.05, 3.63) is 29.0 Å². The third kappa shape index (κ3) is 4.32. The van der Waals surface area contributed by atoms with Gasteiger partial charge in [-0.1, -0.05) is 11.6 Å². The van der Waals surface area contributed by atoms with Crippen molar-refractivity contribution in [2.24, 2.45) is 0 Å². The van der Waals surface area contributed by atoms with Crippen LogP contribution in [0.3, 0.4) is 0 Å². The highest BCUT2D eigenvalue weighted by Gasteiger charge is 2.25. The molecular weight excluding hydrogens is 313 g/mol. The maximum Gasteiger partial charge on any atom is 0.243 e. The molecule has 0 bridgehead atoms. The summed E-state index contributed by atoms with van der Waals surface area (Å²) >= 11 is 6.91. The van der Waals surface area contributed by atoms with Crippen molar-refractivity contribution < 1.29 is 17.9 Å². The fraction of sp³-hybridized carbons (Fsp3) is 0.455. The molecule has 0 amide bonds. The minimum absolute atomic E-state index is 0.127. The molecule has 19 heavy (non-hydrogen) atoms. The van der Waals surface area contributed by atoms with Crippen molar-refractivity contribution in [3.63, 3.8) is 0 Å². The number of nitrogens with one attached hydrogen (secondary N) is 1. The first-order chi connectivity index (χ1) is 8.81. The second-order valence-corrected chi connectivity index (χ2v) is 7.14. The second-order valence-electron chi connectivity index (χ2n) is 3.94. The molecule has 2 unspecified atom stereocenters. The van der Waals surface area contributed by atoms with Crippen LogP contribution < -0.4 is 4.72 Å². The topological polar surface area (TPSA) is 66.4 Å². The highest BCUT2D eigenvalue weighted by atomic mass is 35.5. The van der Waals surface area contributed by atoms with E-state index < -0.39 is 26.8 Å². The minimum atomic E-state index is -3.98. The predicted octanol–water partition coefficient (Wildman–Crippen LogP) is 1.87. The highest BCUT2D eigenvalue weighted by molar-refractivity contribution is 7.99. The molecule has 1 rings (SSSR count). The number of hydrogen-bond acceptors (Lipinski definition) is 4. The maximum absolute atomic E-state index is 13.6. The number of halogens is 2. The van der Waals surface area contributed by atoms with E-state index in [0.717, 1.165) is 12.1 Å². The molecule has 0 saturated carbocycles. The third-order valence-corrected chi connectivity index (χ3v) is 5.55. The summed E-state index contributed by atoms with van der Waals surface area (Å²) in [7, 11) is -3.98. The fourth-order valence-corrected chi connectivity index (χ4v) is 3.73. The van der Waals surface area contributed by atoms with E-state index in [1.165, 1.54) is 17.8 Å². The van der Waals surface area contributed by atoms with Gasteiger partial charge in [-0.2, -0.15) is 11.8 Å². The molecule has 0 saturated heterocycles. The number of hydrogen-bond donors (Lipinski definition) is 2. The fourth-order valence-electron chi connectivity index (χ4n) is 1.51. The van der Waals surface area contributed by atoms with E-state index in [-0.39, 0.29) is 16.9 Å². The van der Waals surface area contributed by atoms with Crippen LogP contribution in [0.1, 0.15) is 6.92 Å². The van der Waals surface area contributed by atoms with Crippen molar-refractivity contribution >= 4 is 33.4 Å². The lowest BCUT2D eigenvalue weighted by molar-refractivity contribution is 0.282. The molecular formula is C11H15ClFNO3S2. The van der Waals surface area contributed by atoms with E-state index in [1.54, 1.807) is 13.2 Å². The van der Waals surface area contributed by atoms with Crippen LogP contribution >= 0.6 is 23.4 Å². The molecule has 0 radical (unpaired) electrons. The molecule has 1 aromatic carbocycles. The Kier molecular flexibility index (Phi) is 6.07. The Morgan fingerprint density at radius 3 is 2.63 bits per heavy atom. The molecule has 108 valence electrons. The first-order valence-electron chi connectivity index (χ1n) is 5.43. The molecule has 0 aliphatic rings. The predicted molar refractivity (Wildman–Crippen MR) is 75.6 cm³/mol. The number of thioether (sulfide) groups is 1. The van der Waals surface area contributed by atoms with Gasteiger partial charge in [0.05, 0.1) is 6.61 Å². The molecule has 2 atom stereocenters. The van der Waals surface area contributed by atoms with Gasteiger partial charge >= 0.3 is 0 Å². The monoisotopic (exact) mass is 327 g/mol. The van der Waals surface area contributed by atoms with Crippen molar-refractivity contribution in [3.8, 4) is 0 Å². The molecule has 0 spiro atoms. The molecule has 8 heteroatoms. The van der Waals surface area contributed by atoms with Gasteiger partial charge in [-0.15, -0.1) is 0 Å². The van der Waals surface area contributed by atoms with Crippen LogP contribution in [-0.2, 0) is 10.0 Å². The van der Waals surface area contributed by atoms with Crippen LogP contribution in [0.5, 0.6) is 0 Å². The van der Waals surface area contributed by atoms with E-state index in [2.05, 4.69) is 4.72 Å². The maximum atomic E-state index is 13.6. The standard InChI is InChI=1S/C11H15ClFNO3S2/c1-7(10(6-15)18-2)14-19(16,17)11-4-3-8(12)5-9(11)13/h3-5,7,10,14-15H,6H2,1-2H3. The summed E-state index contributed by atoms with van der Waals surface area (Å²) in [6.45, 7) is 1.44. The van der Waals surface area contributed by atoms with E-state index in [9.17, 15) is 12.8 Å². The molecule has 4 nitrogen and oxygen atoms in total. The van der Waals surface area contributed by atoms with Crippen LogP contribution in [0.2, 0.25) is 5.02 Å². The Morgan fingerprint density at radius 2 is 2.16 bits per heavy atom. The highest BCUT2D eigenvalue weighted by Crippen LogP contribution is 2.20. The molecule has 0 aliphatic heterocycles. The zero-order valence-electron chi connectivity index (χ0n) is 10.4. The second kappa shape index (κ2) is 6.90. The lowest BCUT2D eigenvalue weighted by atomic mass is 10.3. The van der Waals surface area contributed by atoms with Crippen LogP contribution in [0.4, 0.5) is 4.39 Å². The average molecular weight is 328 g/mol. The summed E-state index contributed by atoms with van der Waals surface area (Å²) in [5.74, 6) is -0.906. The molecule has 0 aliphatic carbocycles. The lowest BCUT2D eigenvalue weighted by Crippen LogP contribution is -2.41. The summed E-state index contributed by atoms with van der Waals surface area (Å²) in [6, 6.07) is 2.83. The summed E-state index contributed by atoms with van der Waals surface area (Å²) in [5.41, 5.74) is 0. The van der Waals surface area contributed by atoms with Crippen LogP contribution in [-0.4, -0.2) is 37.7 Å². The van der Waals surface area contributed by atoms with Gasteiger partial charge in [0.25, 0.3) is 0 Å². The normalized spacial score (nSPS) is 15.2. The zero-order chi connectivity index (χ0) is 14.6. The Balaban J connectivity index is 2.98. The molecule has 2 N–H and O–H groups in total. The zero-order valence-corrected chi connectivity index (χ0v) is 12.8. The van der Waals surface area contributed by atoms with Crippen LogP contribution in [0.25, 0.3) is 0 Å². The molecule has 0 fully saturated rings. The van der Waals surface area contributed by atoms with Crippen molar-refractivity contribution in [2.75, 3.05) is 12.9 Å². The van der Waals surface area contributed by atoms with Gasteiger partial charge in [0.2, 0.25) is 10.0 Å². The van der Waals surface area contributed by atoms with Gasteiger partial charge < -0.3 is 5.11 Å². The Bertz CT molecular complexity index is 535. The summed E-state index contributed by atoms with van der Waals surface area (Å²) in [5, 5.41) is 8.93. The van der Waals surface area contributed by atoms with E-state index >= 15 is 0 Å². The van der Waals surface area contributed by atoms with Gasteiger partial charge in [-0.3, -0.25) is 0 Å². The molecule has 0 aromatic heterocycles. The quantitative estimate of drug-likeness (QED) is 0.837. The van der Waals surface area contributed by atoms with Crippen LogP contribution in [0.15, 0.2) is 23.1 Å². The SMILES string of the molecule is CSC(CO)C(C)NS(=O)(=O)c1ccc(Cl)cc1F. The van der Waals surface area contributed by atoms with Gasteiger partial charge in [-0.25, -0.2) is 17.5 Å². The Hall–Kier alpha value is -0.340. The summed E-state index contributed by atoms with van der Waals surface area (Å²) < 4.78 is 40.0. The van der Waals surface area contributed by atoms with Crippen LogP contribution in [0, 0.1) is 5.82 Å². The first kappa shape index (κ1) is 16.7. The first-order valence-corrected chi connectivity index (χ1v) is 8.57. The lowest BCUT2D eigenvalue weighted by Gasteiger charge is -2.21. The van der Waals surface area contributed by atoms with Crippen molar-refractivity contribution in [2.45, 2.75) is 23.1 Å².